The van der Waals surface area contributed by atoms with Gasteiger partial charge >= 0.3 is 0 Å². The number of carbonyl (C=O) groups excluding carboxylic acids is 1. The summed E-state index contributed by atoms with van der Waals surface area (Å²) in [5.74, 6) is 0.744. The smallest absolute Gasteiger partial charge is 0.254 e. The Balaban J connectivity index is 1.75. The van der Waals surface area contributed by atoms with Crippen LogP contribution in [0.4, 0.5) is 4.39 Å². The molecule has 0 radical (unpaired) electrons. The normalized spacial score (nSPS) is 12.3. The van der Waals surface area contributed by atoms with E-state index in [2.05, 4.69) is 0 Å². The quantitative estimate of drug-likeness (QED) is 0.871. The number of hydrogen-bond acceptors (Lipinski definition) is 3. The van der Waals surface area contributed by atoms with E-state index >= 15 is 0 Å². The van der Waals surface area contributed by atoms with Gasteiger partial charge in [-0.05, 0) is 35.9 Å². The largest absolute Gasteiger partial charge is 0.454 e. The van der Waals surface area contributed by atoms with Crippen LogP contribution < -0.4 is 9.47 Å². The summed E-state index contributed by atoms with van der Waals surface area (Å²) in [4.78, 5) is 13.9. The van der Waals surface area contributed by atoms with E-state index < -0.39 is 0 Å². The van der Waals surface area contributed by atoms with Gasteiger partial charge in [0.25, 0.3) is 5.91 Å². The monoisotopic (exact) mass is 287 g/mol. The Hall–Kier alpha value is -2.56. The predicted molar refractivity (Wildman–Crippen MR) is 74.8 cm³/mol. The molecule has 0 aromatic heterocycles. The van der Waals surface area contributed by atoms with Crippen LogP contribution in [0.1, 0.15) is 15.9 Å². The Morgan fingerprint density at radius 2 is 2.00 bits per heavy atom. The Morgan fingerprint density at radius 1 is 1.19 bits per heavy atom. The lowest BCUT2D eigenvalue weighted by Gasteiger charge is -2.17. The highest BCUT2D eigenvalue weighted by molar-refractivity contribution is 5.94. The number of nitrogens with zero attached hydrogens (tertiary/aromatic N) is 1. The third-order valence-corrected chi connectivity index (χ3v) is 3.27. The van der Waals surface area contributed by atoms with Gasteiger partial charge in [0.05, 0.1) is 0 Å². The molecule has 0 bridgehead atoms. The summed E-state index contributed by atoms with van der Waals surface area (Å²) in [5, 5.41) is 0. The van der Waals surface area contributed by atoms with Crippen LogP contribution in [0.3, 0.4) is 0 Å². The maximum Gasteiger partial charge on any atom is 0.254 e. The second-order valence-corrected chi connectivity index (χ2v) is 4.86. The molecule has 5 heteroatoms. The average molecular weight is 287 g/mol. The zero-order valence-corrected chi connectivity index (χ0v) is 11.5. The van der Waals surface area contributed by atoms with Crippen molar-refractivity contribution in [1.82, 2.24) is 4.90 Å². The lowest BCUT2D eigenvalue weighted by atomic mass is 10.1. The topological polar surface area (TPSA) is 38.8 Å². The van der Waals surface area contributed by atoms with Crippen LogP contribution in [0.25, 0.3) is 0 Å². The first kappa shape index (κ1) is 13.4. The van der Waals surface area contributed by atoms with Crippen molar-refractivity contribution in [2.45, 2.75) is 6.54 Å². The van der Waals surface area contributed by atoms with Gasteiger partial charge in [-0.3, -0.25) is 4.79 Å². The van der Waals surface area contributed by atoms with Crippen molar-refractivity contribution in [3.8, 4) is 11.5 Å². The molecule has 1 amide bonds. The minimum atomic E-state index is -0.309. The van der Waals surface area contributed by atoms with Gasteiger partial charge in [0.1, 0.15) is 5.82 Å². The molecule has 0 spiro atoms. The molecular formula is C16H14FNO3. The summed E-state index contributed by atoms with van der Waals surface area (Å²) < 4.78 is 23.6. The number of carbonyl (C=O) groups is 1. The van der Waals surface area contributed by atoms with Crippen molar-refractivity contribution in [2.24, 2.45) is 0 Å². The summed E-state index contributed by atoms with van der Waals surface area (Å²) in [6, 6.07) is 11.3. The van der Waals surface area contributed by atoms with E-state index in [0.717, 1.165) is 5.56 Å². The van der Waals surface area contributed by atoms with E-state index in [9.17, 15) is 9.18 Å². The molecule has 0 fully saturated rings. The molecule has 1 aliphatic heterocycles. The van der Waals surface area contributed by atoms with E-state index in [1.165, 1.54) is 17.0 Å². The lowest BCUT2D eigenvalue weighted by Crippen LogP contribution is -2.26. The predicted octanol–water partition coefficient (Wildman–Crippen LogP) is 2.83. The molecule has 0 saturated carbocycles. The standard InChI is InChI=1S/C16H14FNO3/c1-18(9-11-3-2-4-13(17)7-11)16(19)12-5-6-14-15(8-12)21-10-20-14/h2-8H,9-10H2,1H3. The Morgan fingerprint density at radius 3 is 2.81 bits per heavy atom. The average Bonchev–Trinajstić information content (AvgIpc) is 2.93. The third-order valence-electron chi connectivity index (χ3n) is 3.27. The van der Waals surface area contributed by atoms with Crippen LogP contribution in [0.2, 0.25) is 0 Å². The van der Waals surface area contributed by atoms with Crippen molar-refractivity contribution in [3.63, 3.8) is 0 Å². The Labute approximate surface area is 121 Å². The first-order valence-corrected chi connectivity index (χ1v) is 6.53. The molecule has 4 nitrogen and oxygen atoms in total. The maximum absolute atomic E-state index is 13.2. The Bertz CT molecular complexity index is 687. The molecule has 1 heterocycles. The highest BCUT2D eigenvalue weighted by Gasteiger charge is 2.18. The van der Waals surface area contributed by atoms with Crippen LogP contribution in [0.15, 0.2) is 42.5 Å². The van der Waals surface area contributed by atoms with E-state index in [0.29, 0.717) is 23.6 Å². The molecule has 3 rings (SSSR count). The van der Waals surface area contributed by atoms with E-state index in [4.69, 9.17) is 9.47 Å². The minimum absolute atomic E-state index is 0.155. The highest BCUT2D eigenvalue weighted by atomic mass is 19.1. The van der Waals surface area contributed by atoms with E-state index in [1.54, 1.807) is 37.4 Å². The van der Waals surface area contributed by atoms with Crippen molar-refractivity contribution in [2.75, 3.05) is 13.8 Å². The summed E-state index contributed by atoms with van der Waals surface area (Å²) in [5.41, 5.74) is 1.25. The molecule has 0 unspecified atom stereocenters. The summed E-state index contributed by atoms with van der Waals surface area (Å²) in [6.45, 7) is 0.511. The molecule has 1 aliphatic rings. The van der Waals surface area contributed by atoms with Gasteiger partial charge in [-0.25, -0.2) is 4.39 Å². The SMILES string of the molecule is CN(Cc1cccc(F)c1)C(=O)c1ccc2c(c1)OCO2. The third kappa shape index (κ3) is 2.81. The van der Waals surface area contributed by atoms with Crippen molar-refractivity contribution >= 4 is 5.91 Å². The molecule has 108 valence electrons. The number of ether oxygens (including phenoxy) is 2. The molecule has 0 aliphatic carbocycles. The van der Waals surface area contributed by atoms with E-state index in [-0.39, 0.29) is 18.5 Å². The fraction of sp³-hybridized carbons (Fsp3) is 0.188. The number of halogens is 1. The summed E-state index contributed by atoms with van der Waals surface area (Å²) in [6.07, 6.45) is 0. The fourth-order valence-corrected chi connectivity index (χ4v) is 2.23. The Kier molecular flexibility index (Phi) is 3.48. The molecule has 2 aromatic carbocycles. The molecule has 21 heavy (non-hydrogen) atoms. The van der Waals surface area contributed by atoms with Gasteiger partial charge in [0.15, 0.2) is 11.5 Å². The number of hydrogen-bond donors (Lipinski definition) is 0. The molecule has 0 atom stereocenters. The zero-order chi connectivity index (χ0) is 14.8. The van der Waals surface area contributed by atoms with Gasteiger partial charge in [-0.15, -0.1) is 0 Å². The molecule has 0 saturated heterocycles. The van der Waals surface area contributed by atoms with Gasteiger partial charge in [0, 0.05) is 19.2 Å². The van der Waals surface area contributed by atoms with Crippen LogP contribution in [-0.4, -0.2) is 24.6 Å². The lowest BCUT2D eigenvalue weighted by molar-refractivity contribution is 0.0784. The number of fused-ring (bicyclic) bond motifs is 1. The van der Waals surface area contributed by atoms with Crippen molar-refractivity contribution < 1.29 is 18.7 Å². The van der Waals surface area contributed by atoms with Crippen molar-refractivity contribution in [1.29, 1.82) is 0 Å². The molecular weight excluding hydrogens is 273 g/mol. The maximum atomic E-state index is 13.2. The number of benzene rings is 2. The van der Waals surface area contributed by atoms with Crippen LogP contribution in [-0.2, 0) is 6.54 Å². The van der Waals surface area contributed by atoms with Crippen LogP contribution in [0, 0.1) is 5.82 Å². The van der Waals surface area contributed by atoms with Crippen LogP contribution in [0.5, 0.6) is 11.5 Å². The summed E-state index contributed by atoms with van der Waals surface area (Å²) >= 11 is 0. The van der Waals surface area contributed by atoms with Gasteiger partial charge in [0.2, 0.25) is 6.79 Å². The van der Waals surface area contributed by atoms with Crippen LogP contribution >= 0.6 is 0 Å². The van der Waals surface area contributed by atoms with E-state index in [1.807, 2.05) is 0 Å². The second-order valence-electron chi connectivity index (χ2n) is 4.86. The van der Waals surface area contributed by atoms with Gasteiger partial charge in [-0.1, -0.05) is 12.1 Å². The molecule has 0 N–H and O–H groups in total. The number of rotatable bonds is 3. The first-order valence-electron chi connectivity index (χ1n) is 6.53. The number of amides is 1. The first-order chi connectivity index (χ1) is 10.1. The summed E-state index contributed by atoms with van der Waals surface area (Å²) in [7, 11) is 1.68. The van der Waals surface area contributed by atoms with Crippen molar-refractivity contribution in [3.05, 3.63) is 59.4 Å². The minimum Gasteiger partial charge on any atom is -0.454 e. The highest BCUT2D eigenvalue weighted by Crippen LogP contribution is 2.32. The van der Waals surface area contributed by atoms with Gasteiger partial charge in [-0.2, -0.15) is 0 Å². The fourth-order valence-electron chi connectivity index (χ4n) is 2.23. The second kappa shape index (κ2) is 5.44. The molecule has 2 aromatic rings. The zero-order valence-electron chi connectivity index (χ0n) is 11.5. The van der Waals surface area contributed by atoms with Gasteiger partial charge < -0.3 is 14.4 Å².